The van der Waals surface area contributed by atoms with E-state index < -0.39 is 0 Å². The van der Waals surface area contributed by atoms with Crippen molar-refractivity contribution in [3.63, 3.8) is 0 Å². The molecule has 1 heterocycles. The van der Waals surface area contributed by atoms with Crippen LogP contribution in [0.25, 0.3) is 0 Å². The average molecular weight is 195 g/mol. The van der Waals surface area contributed by atoms with Gasteiger partial charge in [-0.15, -0.1) is 0 Å². The molecule has 1 N–H and O–H groups in total. The Morgan fingerprint density at radius 3 is 2.79 bits per heavy atom. The lowest BCUT2D eigenvalue weighted by atomic mass is 10.1. The van der Waals surface area contributed by atoms with Crippen molar-refractivity contribution in [3.8, 4) is 5.88 Å². The van der Waals surface area contributed by atoms with Gasteiger partial charge in [0.15, 0.2) is 0 Å². The maximum Gasteiger partial charge on any atom is 0.225 e. The topological polar surface area (TPSA) is 47.0 Å². The Kier molecular flexibility index (Phi) is 3.28. The predicted molar refractivity (Wildman–Crippen MR) is 56.6 cm³/mol. The summed E-state index contributed by atoms with van der Waals surface area (Å²) in [7, 11) is 1.78. The minimum Gasteiger partial charge on any atom is -0.472 e. The molecular weight excluding hydrogens is 178 g/mol. The van der Waals surface area contributed by atoms with Crippen LogP contribution in [0.4, 0.5) is 5.95 Å². The Balaban J connectivity index is 2.76. The summed E-state index contributed by atoms with van der Waals surface area (Å²) in [6, 6.07) is 1.76. The van der Waals surface area contributed by atoms with Crippen molar-refractivity contribution in [2.45, 2.75) is 32.8 Å². The van der Waals surface area contributed by atoms with Gasteiger partial charge in [0.1, 0.15) is 5.60 Å². The first-order valence-electron chi connectivity index (χ1n) is 4.77. The Morgan fingerprint density at radius 2 is 2.21 bits per heavy atom. The van der Waals surface area contributed by atoms with Crippen LogP contribution in [0.1, 0.15) is 27.2 Å². The molecule has 0 saturated carbocycles. The van der Waals surface area contributed by atoms with Crippen molar-refractivity contribution in [1.29, 1.82) is 0 Å². The first-order chi connectivity index (χ1) is 6.57. The highest BCUT2D eigenvalue weighted by Crippen LogP contribution is 2.18. The molecule has 0 aliphatic carbocycles. The van der Waals surface area contributed by atoms with Gasteiger partial charge in [0.05, 0.1) is 0 Å². The van der Waals surface area contributed by atoms with Gasteiger partial charge in [-0.2, -0.15) is 4.98 Å². The van der Waals surface area contributed by atoms with E-state index in [2.05, 4.69) is 22.2 Å². The maximum absolute atomic E-state index is 5.70. The first kappa shape index (κ1) is 10.8. The second-order valence-electron chi connectivity index (χ2n) is 3.68. The summed E-state index contributed by atoms with van der Waals surface area (Å²) < 4.78 is 5.70. The summed E-state index contributed by atoms with van der Waals surface area (Å²) in [5.41, 5.74) is -0.181. The predicted octanol–water partition coefficient (Wildman–Crippen LogP) is 2.09. The third-order valence-corrected chi connectivity index (χ3v) is 2.09. The molecule has 1 aromatic heterocycles. The highest BCUT2D eigenvalue weighted by atomic mass is 16.5. The molecule has 1 aromatic rings. The van der Waals surface area contributed by atoms with E-state index in [-0.39, 0.29) is 5.60 Å². The van der Waals surface area contributed by atoms with Crippen LogP contribution in [-0.4, -0.2) is 22.6 Å². The lowest BCUT2D eigenvalue weighted by Gasteiger charge is -2.23. The molecule has 0 aliphatic heterocycles. The minimum atomic E-state index is -0.181. The van der Waals surface area contributed by atoms with Gasteiger partial charge in [-0.3, -0.25) is 0 Å². The summed E-state index contributed by atoms with van der Waals surface area (Å²) in [5.74, 6) is 1.19. The summed E-state index contributed by atoms with van der Waals surface area (Å²) >= 11 is 0. The summed E-state index contributed by atoms with van der Waals surface area (Å²) in [4.78, 5) is 8.19. The SMILES string of the molecule is CCC(C)(C)Oc1ccnc(NC)n1. The van der Waals surface area contributed by atoms with E-state index in [0.29, 0.717) is 11.8 Å². The van der Waals surface area contributed by atoms with Gasteiger partial charge in [0.25, 0.3) is 0 Å². The van der Waals surface area contributed by atoms with Gasteiger partial charge in [-0.05, 0) is 20.3 Å². The molecule has 0 saturated heterocycles. The Bertz CT molecular complexity index is 299. The standard InChI is InChI=1S/C10H17N3O/c1-5-10(2,3)14-8-6-7-12-9(11-4)13-8/h6-7H,5H2,1-4H3,(H,11,12,13). The molecule has 0 spiro atoms. The monoisotopic (exact) mass is 195 g/mol. The van der Waals surface area contributed by atoms with Crippen LogP contribution < -0.4 is 10.1 Å². The number of hydrogen-bond acceptors (Lipinski definition) is 4. The van der Waals surface area contributed by atoms with Crippen molar-refractivity contribution in [3.05, 3.63) is 12.3 Å². The van der Waals surface area contributed by atoms with E-state index in [4.69, 9.17) is 4.74 Å². The largest absolute Gasteiger partial charge is 0.472 e. The minimum absolute atomic E-state index is 0.181. The second-order valence-corrected chi connectivity index (χ2v) is 3.68. The Hall–Kier alpha value is -1.32. The zero-order chi connectivity index (χ0) is 10.6. The number of rotatable bonds is 4. The zero-order valence-electron chi connectivity index (χ0n) is 9.16. The highest BCUT2D eigenvalue weighted by molar-refractivity contribution is 5.26. The lowest BCUT2D eigenvalue weighted by molar-refractivity contribution is 0.0990. The van der Waals surface area contributed by atoms with Gasteiger partial charge < -0.3 is 10.1 Å². The molecule has 0 aromatic carbocycles. The molecule has 78 valence electrons. The number of aromatic nitrogens is 2. The third-order valence-electron chi connectivity index (χ3n) is 2.09. The van der Waals surface area contributed by atoms with Crippen LogP contribution >= 0.6 is 0 Å². The number of hydrogen-bond donors (Lipinski definition) is 1. The van der Waals surface area contributed by atoms with E-state index in [0.717, 1.165) is 6.42 Å². The van der Waals surface area contributed by atoms with Crippen molar-refractivity contribution in [2.24, 2.45) is 0 Å². The summed E-state index contributed by atoms with van der Waals surface area (Å²) in [6.07, 6.45) is 2.62. The highest BCUT2D eigenvalue weighted by Gasteiger charge is 2.17. The van der Waals surface area contributed by atoms with E-state index in [9.17, 15) is 0 Å². The van der Waals surface area contributed by atoms with Crippen LogP contribution in [0.15, 0.2) is 12.3 Å². The quantitative estimate of drug-likeness (QED) is 0.799. The summed E-state index contributed by atoms with van der Waals surface area (Å²) in [6.45, 7) is 6.16. The second kappa shape index (κ2) is 4.26. The van der Waals surface area contributed by atoms with Crippen molar-refractivity contribution in [2.75, 3.05) is 12.4 Å². The molecule has 0 amide bonds. The Labute approximate surface area is 84.7 Å². The fourth-order valence-corrected chi connectivity index (χ4v) is 0.875. The van der Waals surface area contributed by atoms with Crippen LogP contribution in [0.5, 0.6) is 5.88 Å². The lowest BCUT2D eigenvalue weighted by Crippen LogP contribution is -2.27. The van der Waals surface area contributed by atoms with Crippen LogP contribution in [0.2, 0.25) is 0 Å². The molecule has 0 atom stereocenters. The maximum atomic E-state index is 5.70. The molecule has 0 aliphatic rings. The Morgan fingerprint density at radius 1 is 1.50 bits per heavy atom. The van der Waals surface area contributed by atoms with Gasteiger partial charge in [0, 0.05) is 19.3 Å². The van der Waals surface area contributed by atoms with Crippen LogP contribution in [-0.2, 0) is 0 Å². The normalized spacial score (nSPS) is 11.1. The van der Waals surface area contributed by atoms with E-state index in [1.165, 1.54) is 0 Å². The fraction of sp³-hybridized carbons (Fsp3) is 0.600. The van der Waals surface area contributed by atoms with Crippen molar-refractivity contribution in [1.82, 2.24) is 9.97 Å². The smallest absolute Gasteiger partial charge is 0.225 e. The summed E-state index contributed by atoms with van der Waals surface area (Å²) in [5, 5.41) is 2.87. The van der Waals surface area contributed by atoms with E-state index in [1.54, 1.807) is 19.3 Å². The molecular formula is C10H17N3O. The van der Waals surface area contributed by atoms with Crippen molar-refractivity contribution >= 4 is 5.95 Å². The van der Waals surface area contributed by atoms with Gasteiger partial charge in [-0.25, -0.2) is 4.98 Å². The molecule has 4 nitrogen and oxygen atoms in total. The number of anilines is 1. The van der Waals surface area contributed by atoms with Gasteiger partial charge >= 0.3 is 0 Å². The fourth-order valence-electron chi connectivity index (χ4n) is 0.875. The molecule has 0 unspecified atom stereocenters. The van der Waals surface area contributed by atoms with Gasteiger partial charge in [-0.1, -0.05) is 6.92 Å². The van der Waals surface area contributed by atoms with Crippen LogP contribution in [0, 0.1) is 0 Å². The molecule has 0 radical (unpaired) electrons. The number of ether oxygens (including phenoxy) is 1. The van der Waals surface area contributed by atoms with E-state index >= 15 is 0 Å². The number of nitrogens with one attached hydrogen (secondary N) is 1. The molecule has 0 fully saturated rings. The van der Waals surface area contributed by atoms with Crippen LogP contribution in [0.3, 0.4) is 0 Å². The molecule has 0 bridgehead atoms. The third kappa shape index (κ3) is 2.87. The zero-order valence-corrected chi connectivity index (χ0v) is 9.16. The molecule has 1 rings (SSSR count). The average Bonchev–Trinajstić information content (AvgIpc) is 2.17. The molecule has 14 heavy (non-hydrogen) atoms. The number of nitrogens with zero attached hydrogens (tertiary/aromatic N) is 2. The first-order valence-corrected chi connectivity index (χ1v) is 4.77. The van der Waals surface area contributed by atoms with Gasteiger partial charge in [0.2, 0.25) is 11.8 Å². The molecule has 4 heteroatoms. The van der Waals surface area contributed by atoms with Crippen molar-refractivity contribution < 1.29 is 4.74 Å². The van der Waals surface area contributed by atoms with E-state index in [1.807, 2.05) is 13.8 Å².